The Morgan fingerprint density at radius 3 is 2.96 bits per heavy atom. The van der Waals surface area contributed by atoms with E-state index in [1.807, 2.05) is 6.07 Å². The lowest BCUT2D eigenvalue weighted by atomic mass is 10.3. The lowest BCUT2D eigenvalue weighted by molar-refractivity contribution is 0.225. The van der Waals surface area contributed by atoms with E-state index < -0.39 is 9.84 Å². The molecule has 0 amide bonds. The Labute approximate surface area is 160 Å². The van der Waals surface area contributed by atoms with E-state index in [0.717, 1.165) is 22.8 Å². The van der Waals surface area contributed by atoms with Crippen molar-refractivity contribution in [1.29, 1.82) is 0 Å². The van der Waals surface area contributed by atoms with Crippen LogP contribution in [-0.2, 0) is 9.84 Å². The van der Waals surface area contributed by atoms with Crippen LogP contribution in [0.3, 0.4) is 0 Å². The first-order valence-electron chi connectivity index (χ1n) is 8.02. The summed E-state index contributed by atoms with van der Waals surface area (Å²) in [4.78, 5) is 10.9. The SMILES string of the molecule is CS(=O)(=O)c1cccc2sc(N3CCC(Oc4ccncc4Cl)C3)nc12. The summed E-state index contributed by atoms with van der Waals surface area (Å²) >= 11 is 7.60. The minimum Gasteiger partial charge on any atom is -0.487 e. The number of anilines is 1. The summed E-state index contributed by atoms with van der Waals surface area (Å²) < 4.78 is 30.8. The fraction of sp³-hybridized carbons (Fsp3) is 0.294. The third-order valence-corrected chi connectivity index (χ3v) is 6.71. The van der Waals surface area contributed by atoms with Crippen LogP contribution in [-0.4, -0.2) is 43.8 Å². The summed E-state index contributed by atoms with van der Waals surface area (Å²) in [6, 6.07) is 7.00. The summed E-state index contributed by atoms with van der Waals surface area (Å²) in [5.74, 6) is 0.622. The fourth-order valence-electron chi connectivity index (χ4n) is 2.98. The smallest absolute Gasteiger partial charge is 0.186 e. The standard InChI is InChI=1S/C17H16ClN3O3S2/c1-26(22,23)15-4-2-3-14-16(15)20-17(25-14)21-8-6-11(10-21)24-13-5-7-19-9-12(13)18/h2-5,7,9,11H,6,8,10H2,1H3. The van der Waals surface area contributed by atoms with Crippen LogP contribution in [0.4, 0.5) is 5.13 Å². The molecule has 9 heteroatoms. The van der Waals surface area contributed by atoms with Gasteiger partial charge in [0.2, 0.25) is 0 Å². The van der Waals surface area contributed by atoms with E-state index in [4.69, 9.17) is 16.3 Å². The van der Waals surface area contributed by atoms with Gasteiger partial charge in [-0.05, 0) is 12.1 Å². The minimum absolute atomic E-state index is 0.00343. The highest BCUT2D eigenvalue weighted by Crippen LogP contribution is 2.35. The van der Waals surface area contributed by atoms with Gasteiger partial charge in [-0.3, -0.25) is 4.98 Å². The Hall–Kier alpha value is -1.90. The average Bonchev–Trinajstić information content (AvgIpc) is 3.22. The molecule has 26 heavy (non-hydrogen) atoms. The van der Waals surface area contributed by atoms with Gasteiger partial charge in [0.25, 0.3) is 0 Å². The van der Waals surface area contributed by atoms with Crippen LogP contribution in [0.15, 0.2) is 41.6 Å². The van der Waals surface area contributed by atoms with Crippen molar-refractivity contribution in [2.24, 2.45) is 0 Å². The second-order valence-corrected chi connectivity index (χ2v) is 9.55. The highest BCUT2D eigenvalue weighted by molar-refractivity contribution is 7.91. The van der Waals surface area contributed by atoms with Crippen molar-refractivity contribution in [3.63, 3.8) is 0 Å². The van der Waals surface area contributed by atoms with Crippen LogP contribution in [0.25, 0.3) is 10.2 Å². The summed E-state index contributed by atoms with van der Waals surface area (Å²) in [5, 5.41) is 1.30. The fourth-order valence-corrected chi connectivity index (χ4v) is 5.07. The number of hydrogen-bond donors (Lipinski definition) is 0. The van der Waals surface area contributed by atoms with Gasteiger partial charge in [-0.1, -0.05) is 29.0 Å². The molecule has 2 aromatic heterocycles. The molecule has 0 bridgehead atoms. The molecule has 3 aromatic rings. The van der Waals surface area contributed by atoms with Crippen LogP contribution in [0.1, 0.15) is 6.42 Å². The Bertz CT molecular complexity index is 1070. The molecule has 0 spiro atoms. The Kier molecular flexibility index (Phi) is 4.50. The van der Waals surface area contributed by atoms with E-state index in [1.165, 1.54) is 17.6 Å². The Morgan fingerprint density at radius 2 is 2.19 bits per heavy atom. The van der Waals surface area contributed by atoms with Crippen molar-refractivity contribution in [3.8, 4) is 5.75 Å². The maximum absolute atomic E-state index is 12.0. The number of benzene rings is 1. The molecule has 136 valence electrons. The molecule has 3 heterocycles. The number of ether oxygens (including phenoxy) is 1. The molecular formula is C17H16ClN3O3S2. The number of thiazole rings is 1. The highest BCUT2D eigenvalue weighted by Gasteiger charge is 2.27. The number of aromatic nitrogens is 2. The van der Waals surface area contributed by atoms with Gasteiger partial charge < -0.3 is 9.64 Å². The van der Waals surface area contributed by atoms with Gasteiger partial charge in [0.05, 0.1) is 16.1 Å². The van der Waals surface area contributed by atoms with Gasteiger partial charge in [-0.2, -0.15) is 0 Å². The number of para-hydroxylation sites is 1. The van der Waals surface area contributed by atoms with E-state index >= 15 is 0 Å². The topological polar surface area (TPSA) is 72.4 Å². The summed E-state index contributed by atoms with van der Waals surface area (Å²) in [6.45, 7) is 1.47. The molecule has 1 unspecified atom stereocenters. The number of halogens is 1. The molecule has 1 saturated heterocycles. The predicted molar refractivity (Wildman–Crippen MR) is 103 cm³/mol. The number of nitrogens with zero attached hydrogens (tertiary/aromatic N) is 3. The summed E-state index contributed by atoms with van der Waals surface area (Å²) in [5.41, 5.74) is 0.538. The van der Waals surface area contributed by atoms with Crippen molar-refractivity contribution < 1.29 is 13.2 Å². The first-order chi connectivity index (χ1) is 12.4. The van der Waals surface area contributed by atoms with Gasteiger partial charge in [0.1, 0.15) is 22.4 Å². The molecule has 6 nitrogen and oxygen atoms in total. The quantitative estimate of drug-likeness (QED) is 0.657. The summed E-state index contributed by atoms with van der Waals surface area (Å²) in [6.07, 6.45) is 5.25. The van der Waals surface area contributed by atoms with Crippen LogP contribution in [0.5, 0.6) is 5.75 Å². The highest BCUT2D eigenvalue weighted by atomic mass is 35.5. The van der Waals surface area contributed by atoms with Crippen molar-refractivity contribution in [3.05, 3.63) is 41.7 Å². The molecule has 1 atom stereocenters. The normalized spacial score (nSPS) is 17.8. The number of sulfone groups is 1. The second kappa shape index (κ2) is 6.68. The predicted octanol–water partition coefficient (Wildman–Crippen LogP) is 3.41. The number of rotatable bonds is 4. The second-order valence-electron chi connectivity index (χ2n) is 6.15. The van der Waals surface area contributed by atoms with Crippen molar-refractivity contribution in [2.75, 3.05) is 24.2 Å². The largest absolute Gasteiger partial charge is 0.487 e. The number of fused-ring (bicyclic) bond motifs is 1. The van der Waals surface area contributed by atoms with Crippen LogP contribution in [0.2, 0.25) is 5.02 Å². The average molecular weight is 410 g/mol. The molecule has 0 saturated carbocycles. The molecule has 1 aromatic carbocycles. The van der Waals surface area contributed by atoms with Gasteiger partial charge in [-0.25, -0.2) is 13.4 Å². The van der Waals surface area contributed by atoms with Crippen LogP contribution >= 0.6 is 22.9 Å². The molecule has 1 aliphatic heterocycles. The maximum atomic E-state index is 12.0. The van der Waals surface area contributed by atoms with Gasteiger partial charge >= 0.3 is 0 Å². The molecular weight excluding hydrogens is 394 g/mol. The van der Waals surface area contributed by atoms with Crippen molar-refractivity contribution in [1.82, 2.24) is 9.97 Å². The Morgan fingerprint density at radius 1 is 1.35 bits per heavy atom. The third-order valence-electron chi connectivity index (χ3n) is 4.21. The number of pyridine rings is 1. The lowest BCUT2D eigenvalue weighted by Gasteiger charge is -2.16. The van der Waals surface area contributed by atoms with Crippen molar-refractivity contribution in [2.45, 2.75) is 17.4 Å². The lowest BCUT2D eigenvalue weighted by Crippen LogP contribution is -2.24. The molecule has 0 N–H and O–H groups in total. The zero-order valence-electron chi connectivity index (χ0n) is 13.9. The molecule has 1 aliphatic rings. The zero-order valence-corrected chi connectivity index (χ0v) is 16.3. The molecule has 4 rings (SSSR count). The van der Waals surface area contributed by atoms with E-state index in [0.29, 0.717) is 22.8 Å². The Balaban J connectivity index is 1.57. The van der Waals surface area contributed by atoms with Crippen molar-refractivity contribution >= 4 is 48.1 Å². The maximum Gasteiger partial charge on any atom is 0.186 e. The van der Waals surface area contributed by atoms with E-state index in [1.54, 1.807) is 30.6 Å². The van der Waals surface area contributed by atoms with Gasteiger partial charge in [0.15, 0.2) is 15.0 Å². The summed E-state index contributed by atoms with van der Waals surface area (Å²) in [7, 11) is -3.32. The first-order valence-corrected chi connectivity index (χ1v) is 11.1. The monoisotopic (exact) mass is 409 g/mol. The molecule has 0 aliphatic carbocycles. The number of hydrogen-bond acceptors (Lipinski definition) is 7. The van der Waals surface area contributed by atoms with E-state index in [9.17, 15) is 8.42 Å². The van der Waals surface area contributed by atoms with Crippen LogP contribution in [0, 0.1) is 0 Å². The van der Waals surface area contributed by atoms with Gasteiger partial charge in [-0.15, -0.1) is 0 Å². The van der Waals surface area contributed by atoms with E-state index in [2.05, 4.69) is 14.9 Å². The van der Waals surface area contributed by atoms with Crippen LogP contribution < -0.4 is 9.64 Å². The zero-order chi connectivity index (χ0) is 18.3. The van der Waals surface area contributed by atoms with E-state index in [-0.39, 0.29) is 11.0 Å². The third kappa shape index (κ3) is 3.36. The molecule has 1 fully saturated rings. The minimum atomic E-state index is -3.32. The van der Waals surface area contributed by atoms with Gasteiger partial charge in [0, 0.05) is 37.7 Å². The first kappa shape index (κ1) is 17.5. The molecule has 0 radical (unpaired) electrons.